The van der Waals surface area contributed by atoms with Gasteiger partial charge in [-0.2, -0.15) is 0 Å². The van der Waals surface area contributed by atoms with Crippen LogP contribution in [-0.4, -0.2) is 43.0 Å². The Morgan fingerprint density at radius 1 is 1.10 bits per heavy atom. The second-order valence-electron chi connectivity index (χ2n) is 7.80. The highest BCUT2D eigenvalue weighted by molar-refractivity contribution is 5.88. The molecule has 1 heterocycles. The van der Waals surface area contributed by atoms with Gasteiger partial charge in [0.1, 0.15) is 11.3 Å². The number of carboxylic acid groups (broad SMARTS) is 1. The summed E-state index contributed by atoms with van der Waals surface area (Å²) >= 11 is 0. The van der Waals surface area contributed by atoms with Gasteiger partial charge in [-0.15, -0.1) is 5.10 Å². The van der Waals surface area contributed by atoms with Gasteiger partial charge in [-0.25, -0.2) is 5.10 Å². The summed E-state index contributed by atoms with van der Waals surface area (Å²) in [5.74, 6) is -0.469. The van der Waals surface area contributed by atoms with Gasteiger partial charge in [0.25, 0.3) is 0 Å². The molecule has 0 fully saturated rings. The fourth-order valence-electron chi connectivity index (χ4n) is 3.38. The zero-order valence-electron chi connectivity index (χ0n) is 17.8. The molecule has 0 aliphatic rings. The van der Waals surface area contributed by atoms with E-state index in [4.69, 9.17) is 0 Å². The standard InChI is InChI=1S/C23H27N5O3/c1-3-4-7-18(29)14-23(2,22(30)31)24-15-16-10-12-17(13-11-16)19-8-5-6-9-20(19)21-25-27-28-26-21/h5-6,8-13,24H,3-4,7,14-15H2,1-2H3,(H,30,31)(H,25,26,27,28). The fourth-order valence-corrected chi connectivity index (χ4v) is 3.38. The van der Waals surface area contributed by atoms with Crippen molar-refractivity contribution in [2.45, 2.75) is 51.6 Å². The van der Waals surface area contributed by atoms with E-state index in [1.54, 1.807) is 6.92 Å². The summed E-state index contributed by atoms with van der Waals surface area (Å²) < 4.78 is 0. The van der Waals surface area contributed by atoms with E-state index in [0.29, 0.717) is 18.8 Å². The number of ketones is 1. The maximum absolute atomic E-state index is 12.1. The molecule has 0 aliphatic carbocycles. The summed E-state index contributed by atoms with van der Waals surface area (Å²) in [6.07, 6.45) is 2.07. The van der Waals surface area contributed by atoms with Gasteiger partial charge >= 0.3 is 5.97 Å². The Bertz CT molecular complexity index is 1020. The number of Topliss-reactive ketones (excluding diaryl/α,β-unsaturated/α-hetero) is 1. The highest BCUT2D eigenvalue weighted by Crippen LogP contribution is 2.29. The molecule has 3 rings (SSSR count). The number of aromatic amines is 1. The number of carbonyl (C=O) groups excluding carboxylic acids is 1. The molecule has 0 amide bonds. The fraction of sp³-hybridized carbons (Fsp3) is 0.348. The first kappa shape index (κ1) is 22.3. The monoisotopic (exact) mass is 421 g/mol. The molecule has 0 aliphatic heterocycles. The van der Waals surface area contributed by atoms with Crippen LogP contribution in [0.3, 0.4) is 0 Å². The molecule has 0 spiro atoms. The van der Waals surface area contributed by atoms with E-state index in [2.05, 4.69) is 25.9 Å². The molecule has 3 N–H and O–H groups in total. The van der Waals surface area contributed by atoms with Crippen LogP contribution >= 0.6 is 0 Å². The largest absolute Gasteiger partial charge is 0.480 e. The summed E-state index contributed by atoms with van der Waals surface area (Å²) in [4.78, 5) is 24.0. The summed E-state index contributed by atoms with van der Waals surface area (Å²) in [7, 11) is 0. The van der Waals surface area contributed by atoms with E-state index in [9.17, 15) is 14.7 Å². The smallest absolute Gasteiger partial charge is 0.324 e. The molecule has 8 heteroatoms. The number of nitrogens with one attached hydrogen (secondary N) is 2. The van der Waals surface area contributed by atoms with Crippen molar-refractivity contribution in [3.63, 3.8) is 0 Å². The number of hydrogen-bond donors (Lipinski definition) is 3. The number of tetrazole rings is 1. The Morgan fingerprint density at radius 2 is 1.81 bits per heavy atom. The minimum absolute atomic E-state index is 0.0288. The van der Waals surface area contributed by atoms with Crippen molar-refractivity contribution in [1.29, 1.82) is 0 Å². The highest BCUT2D eigenvalue weighted by atomic mass is 16.4. The van der Waals surface area contributed by atoms with Crippen molar-refractivity contribution in [3.05, 3.63) is 54.1 Å². The number of benzene rings is 2. The van der Waals surface area contributed by atoms with Crippen LogP contribution < -0.4 is 5.32 Å². The van der Waals surface area contributed by atoms with Crippen LogP contribution in [0.25, 0.3) is 22.5 Å². The van der Waals surface area contributed by atoms with Gasteiger partial charge in [-0.3, -0.25) is 14.9 Å². The average molecular weight is 422 g/mol. The second-order valence-corrected chi connectivity index (χ2v) is 7.80. The van der Waals surface area contributed by atoms with Gasteiger partial charge in [-0.1, -0.05) is 61.9 Å². The third-order valence-corrected chi connectivity index (χ3v) is 5.31. The molecule has 1 unspecified atom stereocenters. The van der Waals surface area contributed by atoms with Crippen molar-refractivity contribution in [2.24, 2.45) is 0 Å². The number of hydrogen-bond acceptors (Lipinski definition) is 6. The molecule has 162 valence electrons. The minimum atomic E-state index is -1.30. The number of unbranched alkanes of at least 4 members (excludes halogenated alkanes) is 1. The third-order valence-electron chi connectivity index (χ3n) is 5.31. The maximum Gasteiger partial charge on any atom is 0.324 e. The Labute approximate surface area is 181 Å². The molecule has 31 heavy (non-hydrogen) atoms. The lowest BCUT2D eigenvalue weighted by molar-refractivity contribution is -0.146. The normalized spacial score (nSPS) is 13.0. The molecule has 1 aromatic heterocycles. The third kappa shape index (κ3) is 5.61. The number of carboxylic acids is 1. The SMILES string of the molecule is CCCCC(=O)CC(C)(NCc1ccc(-c2ccccc2-c2nnn[nH]2)cc1)C(=O)O. The van der Waals surface area contributed by atoms with Crippen LogP contribution in [0.4, 0.5) is 0 Å². The lowest BCUT2D eigenvalue weighted by Gasteiger charge is -2.26. The predicted molar refractivity (Wildman–Crippen MR) is 117 cm³/mol. The van der Waals surface area contributed by atoms with Crippen molar-refractivity contribution in [2.75, 3.05) is 0 Å². The van der Waals surface area contributed by atoms with Gasteiger partial charge in [0.2, 0.25) is 0 Å². The zero-order chi connectivity index (χ0) is 22.3. The van der Waals surface area contributed by atoms with Crippen molar-refractivity contribution in [3.8, 4) is 22.5 Å². The van der Waals surface area contributed by atoms with Crippen LogP contribution in [-0.2, 0) is 16.1 Å². The quantitative estimate of drug-likeness (QED) is 0.432. The second kappa shape index (κ2) is 10.1. The van der Waals surface area contributed by atoms with E-state index in [-0.39, 0.29) is 12.2 Å². The van der Waals surface area contributed by atoms with Crippen LogP contribution in [0.2, 0.25) is 0 Å². The van der Waals surface area contributed by atoms with Gasteiger partial charge in [0, 0.05) is 24.9 Å². The van der Waals surface area contributed by atoms with E-state index in [0.717, 1.165) is 35.1 Å². The van der Waals surface area contributed by atoms with Crippen molar-refractivity contribution < 1.29 is 14.7 Å². The molecule has 0 bridgehead atoms. The Hall–Kier alpha value is -3.39. The highest BCUT2D eigenvalue weighted by Gasteiger charge is 2.34. The minimum Gasteiger partial charge on any atom is -0.480 e. The van der Waals surface area contributed by atoms with E-state index in [1.807, 2.05) is 55.5 Å². The molecule has 0 radical (unpaired) electrons. The van der Waals surface area contributed by atoms with Crippen LogP contribution in [0, 0.1) is 0 Å². The Balaban J connectivity index is 1.71. The van der Waals surface area contributed by atoms with Gasteiger partial charge in [0.05, 0.1) is 0 Å². The predicted octanol–water partition coefficient (Wildman–Crippen LogP) is 3.62. The molecular formula is C23H27N5O3. The summed E-state index contributed by atoms with van der Waals surface area (Å²) in [5.41, 5.74) is 2.50. The lowest BCUT2D eigenvalue weighted by Crippen LogP contribution is -2.50. The van der Waals surface area contributed by atoms with Crippen molar-refractivity contribution >= 4 is 11.8 Å². The molecule has 0 saturated heterocycles. The number of aromatic nitrogens is 4. The lowest BCUT2D eigenvalue weighted by atomic mass is 9.92. The average Bonchev–Trinajstić information content (AvgIpc) is 3.31. The number of H-pyrrole nitrogens is 1. The first-order valence-electron chi connectivity index (χ1n) is 10.4. The summed E-state index contributed by atoms with van der Waals surface area (Å²) in [5, 5.41) is 26.8. The van der Waals surface area contributed by atoms with Gasteiger partial charge in [-0.05, 0) is 40.5 Å². The molecule has 2 aromatic carbocycles. The summed E-state index contributed by atoms with van der Waals surface area (Å²) in [6, 6.07) is 15.7. The van der Waals surface area contributed by atoms with Crippen molar-refractivity contribution in [1.82, 2.24) is 25.9 Å². The molecule has 1 atom stereocenters. The maximum atomic E-state index is 12.1. The topological polar surface area (TPSA) is 121 Å². The van der Waals surface area contributed by atoms with Crippen LogP contribution in [0.1, 0.15) is 45.1 Å². The number of aliphatic carboxylic acids is 1. The Morgan fingerprint density at radius 3 is 2.42 bits per heavy atom. The molecule has 3 aromatic rings. The van der Waals surface area contributed by atoms with Gasteiger partial charge in [0.15, 0.2) is 5.82 Å². The van der Waals surface area contributed by atoms with E-state index < -0.39 is 11.5 Å². The zero-order valence-corrected chi connectivity index (χ0v) is 17.8. The number of rotatable bonds is 11. The van der Waals surface area contributed by atoms with E-state index in [1.165, 1.54) is 0 Å². The molecule has 0 saturated carbocycles. The van der Waals surface area contributed by atoms with E-state index >= 15 is 0 Å². The molecular weight excluding hydrogens is 394 g/mol. The Kier molecular flexibility index (Phi) is 7.25. The first-order valence-corrected chi connectivity index (χ1v) is 10.4. The molecule has 8 nitrogen and oxygen atoms in total. The number of carbonyl (C=O) groups is 2. The summed E-state index contributed by atoms with van der Waals surface area (Å²) in [6.45, 7) is 3.92. The van der Waals surface area contributed by atoms with Crippen LogP contribution in [0.15, 0.2) is 48.5 Å². The van der Waals surface area contributed by atoms with Gasteiger partial charge < -0.3 is 5.11 Å². The number of nitrogens with zero attached hydrogens (tertiary/aromatic N) is 3. The van der Waals surface area contributed by atoms with Crippen LogP contribution in [0.5, 0.6) is 0 Å². The first-order chi connectivity index (χ1) is 14.9.